The molecule has 102 valence electrons. The first-order chi connectivity index (χ1) is 8.30. The third-order valence-electron chi connectivity index (χ3n) is 2.48. The molecule has 18 heavy (non-hydrogen) atoms. The van der Waals surface area contributed by atoms with E-state index < -0.39 is 0 Å². The molecule has 0 saturated heterocycles. The number of hydrogen-bond acceptors (Lipinski definition) is 5. The summed E-state index contributed by atoms with van der Waals surface area (Å²) in [5, 5.41) is 11.1. The van der Waals surface area contributed by atoms with Gasteiger partial charge in [0.2, 0.25) is 5.95 Å². The van der Waals surface area contributed by atoms with Crippen LogP contribution in [0.3, 0.4) is 0 Å². The molecule has 0 unspecified atom stereocenters. The number of aromatic nitrogens is 3. The molecule has 1 rings (SSSR count). The van der Waals surface area contributed by atoms with Crippen LogP contribution in [0.25, 0.3) is 0 Å². The molecule has 1 aromatic rings. The molecule has 0 spiro atoms. The van der Waals surface area contributed by atoms with E-state index >= 15 is 0 Å². The Balaban J connectivity index is 2.60. The highest BCUT2D eigenvalue weighted by atomic mass is 16.1. The topological polar surface area (TPSA) is 73.9 Å². The van der Waals surface area contributed by atoms with E-state index in [4.69, 9.17) is 0 Å². The van der Waals surface area contributed by atoms with Gasteiger partial charge in [-0.1, -0.05) is 20.8 Å². The van der Waals surface area contributed by atoms with Gasteiger partial charge in [-0.25, -0.2) is 0 Å². The molecule has 0 atom stereocenters. The minimum atomic E-state index is -0.288. The number of hydrogen-bond donors (Lipinski definition) is 2. The van der Waals surface area contributed by atoms with Gasteiger partial charge >= 0.3 is 0 Å². The maximum atomic E-state index is 11.8. The van der Waals surface area contributed by atoms with Gasteiger partial charge in [0.1, 0.15) is 5.69 Å². The molecule has 0 saturated carbocycles. The van der Waals surface area contributed by atoms with Crippen molar-refractivity contribution in [3.05, 3.63) is 16.0 Å². The molecule has 0 radical (unpaired) electrons. The van der Waals surface area contributed by atoms with Crippen LogP contribution >= 0.6 is 0 Å². The van der Waals surface area contributed by atoms with Gasteiger partial charge in [-0.15, -0.1) is 10.2 Å². The largest absolute Gasteiger partial charge is 0.354 e. The van der Waals surface area contributed by atoms with E-state index in [1.54, 1.807) is 0 Å². The van der Waals surface area contributed by atoms with Crippen LogP contribution in [0.15, 0.2) is 4.79 Å². The minimum Gasteiger partial charge on any atom is -0.354 e. The fraction of sp³-hybridized carbons (Fsp3) is 0.750. The molecule has 0 aliphatic carbocycles. The summed E-state index contributed by atoms with van der Waals surface area (Å²) in [6.07, 6.45) is 0.984. The Kier molecular flexibility index (Phi) is 4.84. The van der Waals surface area contributed by atoms with Crippen LogP contribution in [-0.2, 0) is 5.41 Å². The predicted octanol–water partition coefficient (Wildman–Crippen LogP) is 0.826. The van der Waals surface area contributed by atoms with Gasteiger partial charge in [-0.05, 0) is 27.1 Å². The quantitative estimate of drug-likeness (QED) is 0.760. The summed E-state index contributed by atoms with van der Waals surface area (Å²) >= 11 is 0. The normalized spacial score (nSPS) is 11.9. The maximum Gasteiger partial charge on any atom is 0.274 e. The van der Waals surface area contributed by atoms with Crippen molar-refractivity contribution in [2.45, 2.75) is 32.6 Å². The van der Waals surface area contributed by atoms with Crippen LogP contribution in [0.5, 0.6) is 0 Å². The van der Waals surface area contributed by atoms with E-state index in [2.05, 4.69) is 25.4 Å². The third kappa shape index (κ3) is 4.44. The van der Waals surface area contributed by atoms with Crippen molar-refractivity contribution in [1.82, 2.24) is 20.1 Å². The Morgan fingerprint density at radius 1 is 1.28 bits per heavy atom. The van der Waals surface area contributed by atoms with E-state index in [9.17, 15) is 4.79 Å². The first kappa shape index (κ1) is 14.6. The van der Waals surface area contributed by atoms with Gasteiger partial charge in [-0.3, -0.25) is 9.78 Å². The second-order valence-electron chi connectivity index (χ2n) is 5.68. The van der Waals surface area contributed by atoms with Crippen LogP contribution < -0.4 is 10.9 Å². The molecule has 0 aliphatic heterocycles. The molecule has 0 fully saturated rings. The predicted molar refractivity (Wildman–Crippen MR) is 73.0 cm³/mol. The summed E-state index contributed by atoms with van der Waals surface area (Å²) in [5.74, 6) is 0.437. The number of nitrogens with zero attached hydrogens (tertiary/aromatic N) is 3. The molecule has 6 nitrogen and oxygen atoms in total. The molecule has 0 aliphatic rings. The van der Waals surface area contributed by atoms with Crippen LogP contribution in [0.4, 0.5) is 5.95 Å². The molecule has 0 bridgehead atoms. The average Bonchev–Trinajstić information content (AvgIpc) is 2.22. The van der Waals surface area contributed by atoms with Crippen molar-refractivity contribution in [3.8, 4) is 0 Å². The molecule has 2 N–H and O–H groups in total. The number of H-pyrrole nitrogens is 1. The molecular formula is C12H23N5O. The van der Waals surface area contributed by atoms with E-state index in [1.165, 1.54) is 0 Å². The fourth-order valence-corrected chi connectivity index (χ4v) is 1.51. The SMILES string of the molecule is CN(C)CCCNc1nnc(C(C)(C)C)c(=O)[nH]1. The molecular weight excluding hydrogens is 230 g/mol. The van der Waals surface area contributed by atoms with Crippen molar-refractivity contribution in [2.24, 2.45) is 0 Å². The summed E-state index contributed by atoms with van der Waals surface area (Å²) in [5.41, 5.74) is -0.00160. The molecule has 1 aromatic heterocycles. The van der Waals surface area contributed by atoms with E-state index in [-0.39, 0.29) is 11.0 Å². The van der Waals surface area contributed by atoms with E-state index in [0.717, 1.165) is 19.5 Å². The van der Waals surface area contributed by atoms with Crippen LogP contribution in [0, 0.1) is 0 Å². The fourth-order valence-electron chi connectivity index (χ4n) is 1.51. The second-order valence-corrected chi connectivity index (χ2v) is 5.68. The Labute approximate surface area is 108 Å². The summed E-state index contributed by atoms with van der Waals surface area (Å²) < 4.78 is 0. The average molecular weight is 253 g/mol. The van der Waals surface area contributed by atoms with E-state index in [1.807, 2.05) is 34.9 Å². The van der Waals surface area contributed by atoms with Gasteiger partial charge in [0.15, 0.2) is 0 Å². The lowest BCUT2D eigenvalue weighted by Gasteiger charge is -2.15. The summed E-state index contributed by atoms with van der Waals surface area (Å²) in [7, 11) is 4.06. The Hall–Kier alpha value is -1.43. The number of aromatic amines is 1. The first-order valence-corrected chi connectivity index (χ1v) is 6.17. The van der Waals surface area contributed by atoms with Crippen molar-refractivity contribution in [1.29, 1.82) is 0 Å². The van der Waals surface area contributed by atoms with Gasteiger partial charge in [0.05, 0.1) is 0 Å². The van der Waals surface area contributed by atoms with Gasteiger partial charge < -0.3 is 10.2 Å². The van der Waals surface area contributed by atoms with Crippen LogP contribution in [0.2, 0.25) is 0 Å². The Bertz CT molecular complexity index is 433. The molecule has 0 aromatic carbocycles. The summed E-state index contributed by atoms with van der Waals surface area (Å²) in [6.45, 7) is 7.58. The molecule has 1 heterocycles. The first-order valence-electron chi connectivity index (χ1n) is 6.17. The highest BCUT2D eigenvalue weighted by Crippen LogP contribution is 2.15. The maximum absolute atomic E-state index is 11.8. The van der Waals surface area contributed by atoms with Crippen molar-refractivity contribution in [3.63, 3.8) is 0 Å². The zero-order valence-electron chi connectivity index (χ0n) is 11.9. The number of anilines is 1. The lowest BCUT2D eigenvalue weighted by Crippen LogP contribution is -2.28. The monoisotopic (exact) mass is 253 g/mol. The number of rotatable bonds is 5. The second kappa shape index (κ2) is 5.95. The van der Waals surface area contributed by atoms with Crippen molar-refractivity contribution >= 4 is 5.95 Å². The minimum absolute atomic E-state index is 0.174. The Morgan fingerprint density at radius 3 is 2.44 bits per heavy atom. The van der Waals surface area contributed by atoms with Crippen molar-refractivity contribution < 1.29 is 0 Å². The third-order valence-corrected chi connectivity index (χ3v) is 2.48. The summed E-state index contributed by atoms with van der Waals surface area (Å²) in [6, 6.07) is 0. The van der Waals surface area contributed by atoms with Gasteiger partial charge in [0, 0.05) is 12.0 Å². The zero-order valence-corrected chi connectivity index (χ0v) is 11.9. The Morgan fingerprint density at radius 2 is 1.94 bits per heavy atom. The van der Waals surface area contributed by atoms with Crippen LogP contribution in [-0.4, -0.2) is 47.3 Å². The molecule has 6 heteroatoms. The highest BCUT2D eigenvalue weighted by Gasteiger charge is 2.20. The molecule has 0 amide bonds. The standard InChI is InChI=1S/C12H23N5O/c1-12(2,3)9-10(18)14-11(16-15-9)13-7-6-8-17(4)5/h6-8H2,1-5H3,(H2,13,14,16,18). The van der Waals surface area contributed by atoms with Crippen LogP contribution in [0.1, 0.15) is 32.9 Å². The number of nitrogens with one attached hydrogen (secondary N) is 2. The van der Waals surface area contributed by atoms with E-state index in [0.29, 0.717) is 11.6 Å². The summed E-state index contributed by atoms with van der Waals surface area (Å²) in [4.78, 5) is 16.6. The smallest absolute Gasteiger partial charge is 0.274 e. The zero-order chi connectivity index (χ0) is 13.8. The lowest BCUT2D eigenvalue weighted by molar-refractivity contribution is 0.405. The lowest BCUT2D eigenvalue weighted by atomic mass is 9.93. The van der Waals surface area contributed by atoms with Gasteiger partial charge in [0.25, 0.3) is 5.56 Å². The van der Waals surface area contributed by atoms with Crippen molar-refractivity contribution in [2.75, 3.05) is 32.5 Å². The highest BCUT2D eigenvalue weighted by molar-refractivity contribution is 5.22. The van der Waals surface area contributed by atoms with Gasteiger partial charge in [-0.2, -0.15) is 0 Å².